The largest absolute Gasteiger partial charge is 0.481 e. The minimum atomic E-state index is -0.669. The van der Waals surface area contributed by atoms with Crippen molar-refractivity contribution in [3.8, 4) is 5.88 Å². The van der Waals surface area contributed by atoms with Gasteiger partial charge in [0.15, 0.2) is 0 Å². The lowest BCUT2D eigenvalue weighted by Crippen LogP contribution is -2.27. The lowest BCUT2D eigenvalue weighted by Gasteiger charge is -2.25. The van der Waals surface area contributed by atoms with Crippen molar-refractivity contribution in [2.75, 3.05) is 18.6 Å². The quantitative estimate of drug-likeness (QED) is 0.940. The summed E-state index contributed by atoms with van der Waals surface area (Å²) in [7, 11) is 1.49. The van der Waals surface area contributed by atoms with Crippen LogP contribution in [-0.4, -0.2) is 34.8 Å². The lowest BCUT2D eigenvalue weighted by atomic mass is 10.0. The van der Waals surface area contributed by atoms with Gasteiger partial charge in [0.25, 0.3) is 0 Å². The first kappa shape index (κ1) is 15.6. The molecule has 2 aromatic rings. The summed E-state index contributed by atoms with van der Waals surface area (Å²) in [5.74, 6) is -0.333. The molecule has 0 spiro atoms. The van der Waals surface area contributed by atoms with Crippen LogP contribution in [0, 0.1) is 18.6 Å². The van der Waals surface area contributed by atoms with Crippen LogP contribution in [-0.2, 0) is 0 Å². The smallest absolute Gasteiger partial charge is 0.229 e. The van der Waals surface area contributed by atoms with E-state index in [1.165, 1.54) is 7.11 Å². The molecule has 0 bridgehead atoms. The number of nitrogens with zero attached hydrogens (tertiary/aromatic N) is 3. The normalized spacial score (nSPS) is 20.8. The Labute approximate surface area is 132 Å². The van der Waals surface area contributed by atoms with Crippen LogP contribution in [0.3, 0.4) is 0 Å². The molecule has 1 saturated heterocycles. The molecule has 2 heterocycles. The fourth-order valence-electron chi connectivity index (χ4n) is 2.86. The van der Waals surface area contributed by atoms with Gasteiger partial charge in [-0.15, -0.1) is 0 Å². The second kappa shape index (κ2) is 6.08. The van der Waals surface area contributed by atoms with Gasteiger partial charge in [-0.2, -0.15) is 4.98 Å². The Kier molecular flexibility index (Phi) is 4.12. The zero-order valence-corrected chi connectivity index (χ0v) is 12.8. The van der Waals surface area contributed by atoms with Crippen LogP contribution in [0.1, 0.15) is 23.7 Å². The van der Waals surface area contributed by atoms with Crippen molar-refractivity contribution in [3.05, 3.63) is 47.2 Å². The molecule has 1 N–H and O–H groups in total. The number of halogens is 2. The van der Waals surface area contributed by atoms with Crippen molar-refractivity contribution in [2.45, 2.75) is 25.5 Å². The van der Waals surface area contributed by atoms with Crippen LogP contribution in [0.4, 0.5) is 14.7 Å². The number of β-amino-alcohol motifs (C(OH)–C–C–N with tert-alkyl or cyclic N) is 1. The van der Waals surface area contributed by atoms with Crippen LogP contribution in [0.2, 0.25) is 0 Å². The van der Waals surface area contributed by atoms with Crippen molar-refractivity contribution in [2.24, 2.45) is 0 Å². The van der Waals surface area contributed by atoms with E-state index < -0.39 is 23.8 Å². The average Bonchev–Trinajstić information content (AvgIpc) is 2.91. The highest BCUT2D eigenvalue weighted by Crippen LogP contribution is 2.36. The second-order valence-electron chi connectivity index (χ2n) is 5.58. The number of hydrogen-bond donors (Lipinski definition) is 1. The van der Waals surface area contributed by atoms with E-state index in [1.54, 1.807) is 17.9 Å². The third kappa shape index (κ3) is 3.10. The van der Waals surface area contributed by atoms with Gasteiger partial charge in [0, 0.05) is 23.9 Å². The van der Waals surface area contributed by atoms with E-state index in [0.717, 1.165) is 18.2 Å². The molecule has 0 unspecified atom stereocenters. The summed E-state index contributed by atoms with van der Waals surface area (Å²) in [6, 6.07) is 4.45. The molecule has 0 aliphatic carbocycles. The van der Waals surface area contributed by atoms with Crippen LogP contribution < -0.4 is 9.64 Å². The first-order valence-corrected chi connectivity index (χ1v) is 7.27. The van der Waals surface area contributed by atoms with Gasteiger partial charge in [0.2, 0.25) is 11.8 Å². The van der Waals surface area contributed by atoms with Gasteiger partial charge in [-0.3, -0.25) is 0 Å². The number of ether oxygens (including phenoxy) is 1. The molecular weight excluding hydrogens is 304 g/mol. The summed E-state index contributed by atoms with van der Waals surface area (Å²) in [6.45, 7) is 2.03. The number of anilines is 1. The number of aliphatic hydroxyl groups is 1. The summed E-state index contributed by atoms with van der Waals surface area (Å²) >= 11 is 0. The van der Waals surface area contributed by atoms with Crippen LogP contribution in [0.15, 0.2) is 24.3 Å². The van der Waals surface area contributed by atoms with Crippen molar-refractivity contribution in [1.82, 2.24) is 9.97 Å². The number of aryl methyl sites for hydroxylation is 1. The van der Waals surface area contributed by atoms with Gasteiger partial charge in [-0.25, -0.2) is 13.8 Å². The minimum absolute atomic E-state index is 0.186. The van der Waals surface area contributed by atoms with E-state index in [-0.39, 0.29) is 18.5 Å². The monoisotopic (exact) mass is 321 g/mol. The van der Waals surface area contributed by atoms with Crippen molar-refractivity contribution in [1.29, 1.82) is 0 Å². The van der Waals surface area contributed by atoms with Crippen LogP contribution >= 0.6 is 0 Å². The zero-order valence-electron chi connectivity index (χ0n) is 12.8. The highest BCUT2D eigenvalue weighted by Gasteiger charge is 2.35. The highest BCUT2D eigenvalue weighted by molar-refractivity contribution is 5.42. The molecule has 122 valence electrons. The van der Waals surface area contributed by atoms with Gasteiger partial charge >= 0.3 is 0 Å². The summed E-state index contributed by atoms with van der Waals surface area (Å²) in [6.07, 6.45) is -0.391. The van der Waals surface area contributed by atoms with Gasteiger partial charge in [0.05, 0.1) is 19.3 Å². The Morgan fingerprint density at radius 3 is 2.78 bits per heavy atom. The van der Waals surface area contributed by atoms with Crippen LogP contribution in [0.5, 0.6) is 5.88 Å². The molecule has 5 nitrogen and oxygen atoms in total. The van der Waals surface area contributed by atoms with E-state index in [1.807, 2.05) is 0 Å². The maximum atomic E-state index is 14.1. The maximum absolute atomic E-state index is 14.1. The maximum Gasteiger partial charge on any atom is 0.229 e. The minimum Gasteiger partial charge on any atom is -0.481 e. The van der Waals surface area contributed by atoms with Crippen molar-refractivity contribution in [3.63, 3.8) is 0 Å². The molecular formula is C16H17F2N3O2. The third-order valence-corrected chi connectivity index (χ3v) is 3.88. The van der Waals surface area contributed by atoms with E-state index >= 15 is 0 Å². The van der Waals surface area contributed by atoms with Gasteiger partial charge in [0.1, 0.15) is 11.6 Å². The Hall–Kier alpha value is -2.28. The molecule has 23 heavy (non-hydrogen) atoms. The van der Waals surface area contributed by atoms with Crippen LogP contribution in [0.25, 0.3) is 0 Å². The second-order valence-corrected chi connectivity index (χ2v) is 5.58. The molecule has 1 aliphatic rings. The summed E-state index contributed by atoms with van der Waals surface area (Å²) in [5.41, 5.74) is 0.873. The van der Waals surface area contributed by atoms with Gasteiger partial charge in [-0.1, -0.05) is 0 Å². The average molecular weight is 321 g/mol. The molecule has 1 aromatic heterocycles. The van der Waals surface area contributed by atoms with Gasteiger partial charge < -0.3 is 14.7 Å². The molecule has 3 rings (SSSR count). The first-order chi connectivity index (χ1) is 11.0. The molecule has 1 fully saturated rings. The predicted octanol–water partition coefficient (Wildman–Crippen LogP) is 2.38. The van der Waals surface area contributed by atoms with E-state index in [2.05, 4.69) is 9.97 Å². The number of hydrogen-bond acceptors (Lipinski definition) is 5. The summed E-state index contributed by atoms with van der Waals surface area (Å²) < 4.78 is 32.8. The fraction of sp³-hybridized carbons (Fsp3) is 0.375. The lowest BCUT2D eigenvalue weighted by molar-refractivity contribution is 0.194. The van der Waals surface area contributed by atoms with Gasteiger partial charge in [-0.05, 0) is 31.5 Å². The van der Waals surface area contributed by atoms with E-state index in [4.69, 9.17) is 4.74 Å². The number of benzene rings is 1. The summed E-state index contributed by atoms with van der Waals surface area (Å²) in [4.78, 5) is 10.3. The molecule has 0 amide bonds. The Bertz CT molecular complexity index is 726. The number of aromatic nitrogens is 2. The zero-order chi connectivity index (χ0) is 16.6. The Morgan fingerprint density at radius 2 is 2.04 bits per heavy atom. The molecule has 1 aliphatic heterocycles. The fourth-order valence-corrected chi connectivity index (χ4v) is 2.86. The Morgan fingerprint density at radius 1 is 1.26 bits per heavy atom. The molecule has 0 radical (unpaired) electrons. The molecule has 7 heteroatoms. The van der Waals surface area contributed by atoms with E-state index in [0.29, 0.717) is 17.5 Å². The summed E-state index contributed by atoms with van der Waals surface area (Å²) in [5, 5.41) is 10.0. The van der Waals surface area contributed by atoms with Crippen molar-refractivity contribution >= 4 is 5.95 Å². The SMILES string of the molecule is COc1cc(C)nc(N2C[C@@H](O)C[C@@H]2c2cc(F)ccc2F)n1. The van der Waals surface area contributed by atoms with E-state index in [9.17, 15) is 13.9 Å². The standard InChI is InChI=1S/C16H17F2N3O2/c1-9-5-15(23-2)20-16(19-9)21-8-11(22)7-14(21)12-6-10(17)3-4-13(12)18/h3-6,11,14,22H,7-8H2,1-2H3/t11-,14+/m0/s1. The third-order valence-electron chi connectivity index (χ3n) is 3.88. The molecule has 2 atom stereocenters. The predicted molar refractivity (Wildman–Crippen MR) is 80.4 cm³/mol. The number of aliphatic hydroxyl groups excluding tert-OH is 1. The first-order valence-electron chi connectivity index (χ1n) is 7.27. The number of rotatable bonds is 3. The van der Waals surface area contributed by atoms with Crippen molar-refractivity contribution < 1.29 is 18.6 Å². The number of methoxy groups -OCH3 is 1. The highest BCUT2D eigenvalue weighted by atomic mass is 19.1. The molecule has 0 saturated carbocycles. The topological polar surface area (TPSA) is 58.5 Å². The molecule has 1 aromatic carbocycles. The Balaban J connectivity index is 2.03.